The molecule has 5 nitrogen and oxygen atoms in total. The molecule has 0 unspecified atom stereocenters. The molecule has 1 amide bonds. The third-order valence-electron chi connectivity index (χ3n) is 2.96. The topological polar surface area (TPSA) is 70.7 Å². The Kier molecular flexibility index (Phi) is 3.41. The Morgan fingerprint density at radius 1 is 1.15 bits per heavy atom. The number of nitrogens with zero attached hydrogens (tertiary/aromatic N) is 2. The lowest BCUT2D eigenvalue weighted by Gasteiger charge is -2.02. The fraction of sp³-hybridized carbons (Fsp3) is 0.133. The van der Waals surface area contributed by atoms with Crippen molar-refractivity contribution in [3.8, 4) is 0 Å². The maximum absolute atomic E-state index is 11.8. The van der Waals surface area contributed by atoms with Crippen LogP contribution in [0.4, 0.5) is 5.82 Å². The van der Waals surface area contributed by atoms with Crippen molar-refractivity contribution in [1.82, 2.24) is 15.0 Å². The van der Waals surface area contributed by atoms with Crippen LogP contribution in [0.15, 0.2) is 48.7 Å². The average Bonchev–Trinajstić information content (AvgIpc) is 2.89. The van der Waals surface area contributed by atoms with Crippen LogP contribution in [0.2, 0.25) is 0 Å². The highest BCUT2D eigenvalue weighted by molar-refractivity contribution is 5.89. The first-order valence-corrected chi connectivity index (χ1v) is 6.46. The molecule has 2 N–H and O–H groups in total. The molecule has 0 saturated carbocycles. The summed E-state index contributed by atoms with van der Waals surface area (Å²) in [5.74, 6) is 1.33. The Labute approximate surface area is 116 Å². The second-order valence-electron chi connectivity index (χ2n) is 4.46. The monoisotopic (exact) mass is 266 g/mol. The molecular weight excluding hydrogens is 252 g/mol. The average molecular weight is 266 g/mol. The largest absolute Gasteiger partial charge is 0.342 e. The zero-order valence-corrected chi connectivity index (χ0v) is 10.8. The maximum Gasteiger partial charge on any atom is 0.225 e. The van der Waals surface area contributed by atoms with Crippen molar-refractivity contribution in [3.63, 3.8) is 0 Å². The zero-order chi connectivity index (χ0) is 13.8. The summed E-state index contributed by atoms with van der Waals surface area (Å²) in [5.41, 5.74) is 1.92. The van der Waals surface area contributed by atoms with E-state index in [1.54, 1.807) is 12.3 Å². The second kappa shape index (κ2) is 5.52. The smallest absolute Gasteiger partial charge is 0.225 e. The van der Waals surface area contributed by atoms with Gasteiger partial charge in [-0.2, -0.15) is 0 Å². The number of nitrogens with one attached hydrogen (secondary N) is 2. The van der Waals surface area contributed by atoms with Crippen molar-refractivity contribution in [1.29, 1.82) is 0 Å². The summed E-state index contributed by atoms with van der Waals surface area (Å²) in [6.45, 7) is 0. The Balaban J connectivity index is 1.60. The third-order valence-corrected chi connectivity index (χ3v) is 2.96. The van der Waals surface area contributed by atoms with E-state index >= 15 is 0 Å². The van der Waals surface area contributed by atoms with Gasteiger partial charge in [-0.25, -0.2) is 9.97 Å². The molecule has 2 heterocycles. The molecule has 100 valence electrons. The molecule has 0 saturated heterocycles. The molecule has 2 aromatic heterocycles. The maximum atomic E-state index is 11.8. The Morgan fingerprint density at radius 2 is 2.00 bits per heavy atom. The highest BCUT2D eigenvalue weighted by Gasteiger charge is 2.06. The number of carbonyl (C=O) groups excluding carboxylic acids is 1. The van der Waals surface area contributed by atoms with Crippen LogP contribution in [0, 0.1) is 0 Å². The van der Waals surface area contributed by atoms with E-state index < -0.39 is 0 Å². The van der Waals surface area contributed by atoms with Gasteiger partial charge in [-0.15, -0.1) is 0 Å². The van der Waals surface area contributed by atoms with E-state index in [-0.39, 0.29) is 5.91 Å². The number of carbonyl (C=O) groups is 1. The van der Waals surface area contributed by atoms with Crippen LogP contribution in [0.5, 0.6) is 0 Å². The van der Waals surface area contributed by atoms with E-state index in [2.05, 4.69) is 20.3 Å². The molecule has 0 atom stereocenters. The number of fused-ring (bicyclic) bond motifs is 1. The predicted octanol–water partition coefficient (Wildman–Crippen LogP) is 2.53. The van der Waals surface area contributed by atoms with Gasteiger partial charge in [-0.3, -0.25) is 4.79 Å². The van der Waals surface area contributed by atoms with Crippen LogP contribution in [0.1, 0.15) is 12.2 Å². The number of anilines is 1. The summed E-state index contributed by atoms with van der Waals surface area (Å²) >= 11 is 0. The molecule has 0 fully saturated rings. The number of hydrogen-bond acceptors (Lipinski definition) is 3. The second-order valence-corrected chi connectivity index (χ2v) is 4.46. The van der Waals surface area contributed by atoms with Crippen LogP contribution < -0.4 is 5.32 Å². The van der Waals surface area contributed by atoms with Gasteiger partial charge in [-0.1, -0.05) is 18.2 Å². The predicted molar refractivity (Wildman–Crippen MR) is 77.3 cm³/mol. The number of hydrogen-bond donors (Lipinski definition) is 2. The molecule has 5 heteroatoms. The molecule has 0 spiro atoms. The molecule has 3 rings (SSSR count). The Morgan fingerprint density at radius 3 is 2.80 bits per heavy atom. The minimum Gasteiger partial charge on any atom is -0.342 e. The molecule has 1 aromatic carbocycles. The lowest BCUT2D eigenvalue weighted by Crippen LogP contribution is -2.13. The Bertz CT molecular complexity index is 688. The minimum atomic E-state index is -0.0656. The summed E-state index contributed by atoms with van der Waals surface area (Å²) in [6, 6.07) is 13.2. The zero-order valence-electron chi connectivity index (χ0n) is 10.8. The number of imidazole rings is 1. The van der Waals surface area contributed by atoms with Gasteiger partial charge >= 0.3 is 0 Å². The number of aromatic amines is 1. The summed E-state index contributed by atoms with van der Waals surface area (Å²) < 4.78 is 0. The van der Waals surface area contributed by atoms with Gasteiger partial charge in [0.15, 0.2) is 0 Å². The van der Waals surface area contributed by atoms with Crippen LogP contribution in [-0.4, -0.2) is 20.9 Å². The lowest BCUT2D eigenvalue weighted by atomic mass is 10.3. The molecule has 0 bridgehead atoms. The van der Waals surface area contributed by atoms with Crippen LogP contribution in [0.25, 0.3) is 11.0 Å². The first-order chi connectivity index (χ1) is 9.81. The van der Waals surface area contributed by atoms with Crippen molar-refractivity contribution in [2.75, 3.05) is 5.32 Å². The first-order valence-electron chi connectivity index (χ1n) is 6.46. The number of aryl methyl sites for hydroxylation is 1. The van der Waals surface area contributed by atoms with E-state index in [0.717, 1.165) is 16.9 Å². The molecular formula is C15H14N4O. The normalized spacial score (nSPS) is 10.6. The number of aromatic nitrogens is 3. The van der Waals surface area contributed by atoms with Gasteiger partial charge in [-0.05, 0) is 24.3 Å². The minimum absolute atomic E-state index is 0.0656. The number of rotatable bonds is 4. The van der Waals surface area contributed by atoms with E-state index in [1.165, 1.54) is 0 Å². The van der Waals surface area contributed by atoms with Crippen LogP contribution in [-0.2, 0) is 11.2 Å². The van der Waals surface area contributed by atoms with Crippen molar-refractivity contribution < 1.29 is 4.79 Å². The van der Waals surface area contributed by atoms with Gasteiger partial charge in [0.25, 0.3) is 0 Å². The van der Waals surface area contributed by atoms with Gasteiger partial charge < -0.3 is 10.3 Å². The molecule has 20 heavy (non-hydrogen) atoms. The highest BCUT2D eigenvalue weighted by atomic mass is 16.1. The molecule has 3 aromatic rings. The quantitative estimate of drug-likeness (QED) is 0.762. The molecule has 0 radical (unpaired) electrons. The standard InChI is InChI=1S/C15H14N4O/c20-15(19-13-7-3-4-10-16-13)9-8-14-17-11-5-1-2-6-12(11)18-14/h1-7,10H,8-9H2,(H,17,18)(H,16,19,20). The van der Waals surface area contributed by atoms with Crippen molar-refractivity contribution >= 4 is 22.8 Å². The van der Waals surface area contributed by atoms with Gasteiger partial charge in [0, 0.05) is 19.0 Å². The number of pyridine rings is 1. The van der Waals surface area contributed by atoms with E-state index in [4.69, 9.17) is 0 Å². The van der Waals surface area contributed by atoms with Gasteiger partial charge in [0.05, 0.1) is 11.0 Å². The van der Waals surface area contributed by atoms with E-state index in [1.807, 2.05) is 36.4 Å². The molecule has 0 aliphatic carbocycles. The van der Waals surface area contributed by atoms with Crippen molar-refractivity contribution in [3.05, 3.63) is 54.5 Å². The fourth-order valence-electron chi connectivity index (χ4n) is 2.00. The van der Waals surface area contributed by atoms with Crippen LogP contribution >= 0.6 is 0 Å². The highest BCUT2D eigenvalue weighted by Crippen LogP contribution is 2.11. The summed E-state index contributed by atoms with van der Waals surface area (Å²) in [7, 11) is 0. The summed E-state index contributed by atoms with van der Waals surface area (Å²) in [5, 5.41) is 2.75. The van der Waals surface area contributed by atoms with E-state index in [0.29, 0.717) is 18.7 Å². The van der Waals surface area contributed by atoms with Crippen LogP contribution in [0.3, 0.4) is 0 Å². The fourth-order valence-corrected chi connectivity index (χ4v) is 2.00. The first kappa shape index (κ1) is 12.3. The van der Waals surface area contributed by atoms with Gasteiger partial charge in [0.1, 0.15) is 11.6 Å². The SMILES string of the molecule is O=C(CCc1nc2ccccc2[nH]1)Nc1ccccn1. The summed E-state index contributed by atoms with van der Waals surface area (Å²) in [6.07, 6.45) is 2.60. The van der Waals surface area contributed by atoms with Crippen molar-refractivity contribution in [2.45, 2.75) is 12.8 Å². The van der Waals surface area contributed by atoms with E-state index in [9.17, 15) is 4.79 Å². The summed E-state index contributed by atoms with van der Waals surface area (Å²) in [4.78, 5) is 23.5. The number of benzene rings is 1. The Hall–Kier alpha value is -2.69. The van der Waals surface area contributed by atoms with Gasteiger partial charge in [0.2, 0.25) is 5.91 Å². The number of amides is 1. The number of para-hydroxylation sites is 2. The number of H-pyrrole nitrogens is 1. The van der Waals surface area contributed by atoms with Crippen molar-refractivity contribution in [2.24, 2.45) is 0 Å². The molecule has 0 aliphatic heterocycles. The molecule has 0 aliphatic rings. The third kappa shape index (κ3) is 2.83. The lowest BCUT2D eigenvalue weighted by molar-refractivity contribution is -0.116.